The molecule has 1 fully saturated rings. The van der Waals surface area contributed by atoms with Gasteiger partial charge in [0.15, 0.2) is 6.29 Å². The van der Waals surface area contributed by atoms with Gasteiger partial charge in [0.25, 0.3) is 0 Å². The highest BCUT2D eigenvalue weighted by atomic mass is 28.3. The van der Waals surface area contributed by atoms with E-state index in [1.807, 2.05) is 41.5 Å². The molecule has 0 N–H and O–H groups in total. The lowest BCUT2D eigenvalue weighted by atomic mass is 10.1. The van der Waals surface area contributed by atoms with Crippen molar-refractivity contribution in [2.75, 3.05) is 19.8 Å². The van der Waals surface area contributed by atoms with Crippen LogP contribution in [0.2, 0.25) is 25.7 Å². The van der Waals surface area contributed by atoms with Gasteiger partial charge in [-0.15, -0.1) is 0 Å². The minimum atomic E-state index is -1.18. The predicted molar refractivity (Wildman–Crippen MR) is 124 cm³/mol. The van der Waals surface area contributed by atoms with Gasteiger partial charge < -0.3 is 14.2 Å². The van der Waals surface area contributed by atoms with Crippen molar-refractivity contribution in [2.24, 2.45) is 0 Å². The third kappa shape index (κ3) is 6.05. The highest BCUT2D eigenvalue weighted by molar-refractivity contribution is 6.76. The summed E-state index contributed by atoms with van der Waals surface area (Å²) in [5, 5.41) is 2.00. The Morgan fingerprint density at radius 2 is 1.71 bits per heavy atom. The van der Waals surface area contributed by atoms with Gasteiger partial charge >= 0.3 is 0 Å². The Bertz CT molecular complexity index is 853. The van der Waals surface area contributed by atoms with Crippen molar-refractivity contribution in [1.29, 1.82) is 0 Å². The van der Waals surface area contributed by atoms with Crippen molar-refractivity contribution in [1.82, 2.24) is 5.06 Å². The summed E-state index contributed by atoms with van der Waals surface area (Å²) >= 11 is 0. The van der Waals surface area contributed by atoms with Crippen molar-refractivity contribution >= 4 is 8.07 Å². The van der Waals surface area contributed by atoms with Crippen LogP contribution in [0.15, 0.2) is 72.5 Å². The van der Waals surface area contributed by atoms with Crippen LogP contribution in [0, 0.1) is 0 Å². The van der Waals surface area contributed by atoms with E-state index < -0.39 is 8.07 Å². The largest absolute Gasteiger partial charge is 0.497 e. The summed E-state index contributed by atoms with van der Waals surface area (Å²) in [6, 6.07) is 21.4. The molecule has 0 bridgehead atoms. The standard InChI is InChI=1S/C25H33NO4Si/c1-31(2,3)17-16-27-22-14-15-29-26(18-20-10-6-4-7-11-20)24(22)23-19-28-25(30-23)21-12-8-5-9-13-21/h4-14,23-25H,15-19H2,1-3H3/t23-,24-,25-/m1/s1. The Labute approximate surface area is 186 Å². The molecule has 0 aromatic heterocycles. The van der Waals surface area contributed by atoms with Crippen molar-refractivity contribution in [3.05, 3.63) is 83.6 Å². The number of nitrogens with zero attached hydrogens (tertiary/aromatic N) is 1. The zero-order valence-corrected chi connectivity index (χ0v) is 19.7. The molecule has 2 aliphatic rings. The molecule has 0 saturated carbocycles. The molecular formula is C25H33NO4Si. The molecule has 2 aromatic carbocycles. The summed E-state index contributed by atoms with van der Waals surface area (Å²) in [5.41, 5.74) is 2.22. The second-order valence-corrected chi connectivity index (χ2v) is 14.9. The lowest BCUT2D eigenvalue weighted by molar-refractivity contribution is -0.217. The molecule has 5 nitrogen and oxygen atoms in total. The molecule has 0 amide bonds. The third-order valence-corrected chi connectivity index (χ3v) is 7.27. The number of hydrogen-bond acceptors (Lipinski definition) is 5. The molecule has 3 atom stereocenters. The smallest absolute Gasteiger partial charge is 0.184 e. The number of hydrogen-bond donors (Lipinski definition) is 0. The van der Waals surface area contributed by atoms with Crippen LogP contribution >= 0.6 is 0 Å². The predicted octanol–water partition coefficient (Wildman–Crippen LogP) is 5.16. The number of ether oxygens (including phenoxy) is 3. The van der Waals surface area contributed by atoms with Gasteiger partial charge in [0.2, 0.25) is 0 Å². The molecule has 2 aromatic rings. The zero-order chi connectivity index (χ0) is 21.7. The molecule has 4 rings (SSSR count). The monoisotopic (exact) mass is 439 g/mol. The SMILES string of the molecule is C[Si](C)(C)CCOC1=CCON(Cc2ccccc2)[C@H]1[C@H]1CO[C@@H](c2ccccc2)O1. The van der Waals surface area contributed by atoms with E-state index in [0.29, 0.717) is 19.8 Å². The Hall–Kier alpha value is -1.96. The molecule has 2 heterocycles. The Morgan fingerprint density at radius 3 is 2.42 bits per heavy atom. The van der Waals surface area contributed by atoms with Gasteiger partial charge in [0.1, 0.15) is 17.9 Å². The van der Waals surface area contributed by atoms with Crippen LogP contribution in [0.4, 0.5) is 0 Å². The van der Waals surface area contributed by atoms with Crippen LogP contribution in [0.1, 0.15) is 17.4 Å². The van der Waals surface area contributed by atoms with Crippen LogP contribution in [0.3, 0.4) is 0 Å². The summed E-state index contributed by atoms with van der Waals surface area (Å²) in [7, 11) is -1.18. The Balaban J connectivity index is 1.51. The minimum absolute atomic E-state index is 0.149. The molecule has 31 heavy (non-hydrogen) atoms. The van der Waals surface area contributed by atoms with E-state index in [-0.39, 0.29) is 18.4 Å². The van der Waals surface area contributed by atoms with E-state index in [1.54, 1.807) is 0 Å². The van der Waals surface area contributed by atoms with Crippen LogP contribution in [-0.2, 0) is 25.6 Å². The van der Waals surface area contributed by atoms with E-state index in [4.69, 9.17) is 19.0 Å². The zero-order valence-electron chi connectivity index (χ0n) is 18.7. The number of benzene rings is 2. The van der Waals surface area contributed by atoms with Gasteiger partial charge in [-0.05, 0) is 17.7 Å². The van der Waals surface area contributed by atoms with E-state index in [1.165, 1.54) is 5.56 Å². The van der Waals surface area contributed by atoms with Crippen molar-refractivity contribution in [2.45, 2.75) is 50.7 Å². The fraction of sp³-hybridized carbons (Fsp3) is 0.440. The van der Waals surface area contributed by atoms with Crippen molar-refractivity contribution < 1.29 is 19.0 Å². The van der Waals surface area contributed by atoms with Crippen LogP contribution in [0.5, 0.6) is 0 Å². The highest BCUT2D eigenvalue weighted by Crippen LogP contribution is 2.34. The molecule has 166 valence electrons. The van der Waals surface area contributed by atoms with E-state index in [9.17, 15) is 0 Å². The van der Waals surface area contributed by atoms with Gasteiger partial charge in [-0.25, -0.2) is 0 Å². The van der Waals surface area contributed by atoms with E-state index in [0.717, 1.165) is 24.0 Å². The summed E-state index contributed by atoms with van der Waals surface area (Å²) in [4.78, 5) is 6.08. The Morgan fingerprint density at radius 1 is 1.00 bits per heavy atom. The van der Waals surface area contributed by atoms with Gasteiger partial charge in [-0.1, -0.05) is 80.3 Å². The lowest BCUT2D eigenvalue weighted by Gasteiger charge is -2.37. The van der Waals surface area contributed by atoms with E-state index >= 15 is 0 Å². The number of hydroxylamine groups is 2. The molecule has 0 spiro atoms. The fourth-order valence-corrected chi connectivity index (χ4v) is 4.54. The average molecular weight is 440 g/mol. The van der Waals surface area contributed by atoms with Gasteiger partial charge in [-0.3, -0.25) is 4.84 Å². The van der Waals surface area contributed by atoms with Gasteiger partial charge in [0.05, 0.1) is 26.4 Å². The lowest BCUT2D eigenvalue weighted by Crippen LogP contribution is -2.48. The maximum Gasteiger partial charge on any atom is 0.184 e. The first-order valence-corrected chi connectivity index (χ1v) is 14.8. The third-order valence-electron chi connectivity index (χ3n) is 5.56. The van der Waals surface area contributed by atoms with Crippen LogP contribution in [-0.4, -0.2) is 45.1 Å². The van der Waals surface area contributed by atoms with Crippen molar-refractivity contribution in [3.8, 4) is 0 Å². The minimum Gasteiger partial charge on any atom is -0.497 e. The summed E-state index contributed by atoms with van der Waals surface area (Å²) in [5.74, 6) is 0.933. The van der Waals surface area contributed by atoms with Gasteiger partial charge in [0, 0.05) is 13.6 Å². The maximum absolute atomic E-state index is 6.38. The van der Waals surface area contributed by atoms with Gasteiger partial charge in [-0.2, -0.15) is 5.06 Å². The second-order valence-electron chi connectivity index (χ2n) is 9.32. The first kappa shape index (κ1) is 22.2. The maximum atomic E-state index is 6.38. The molecule has 2 aliphatic heterocycles. The molecule has 0 unspecified atom stereocenters. The summed E-state index contributed by atoms with van der Waals surface area (Å²) in [6.45, 7) is 9.49. The van der Waals surface area contributed by atoms with E-state index in [2.05, 4.69) is 50.0 Å². The Kier molecular flexibility index (Phi) is 7.25. The quantitative estimate of drug-likeness (QED) is 0.532. The normalized spacial score (nSPS) is 24.7. The average Bonchev–Trinajstić information content (AvgIpc) is 3.24. The van der Waals surface area contributed by atoms with Crippen LogP contribution in [0.25, 0.3) is 0 Å². The molecule has 0 aliphatic carbocycles. The first-order chi connectivity index (χ1) is 15.0. The first-order valence-electron chi connectivity index (χ1n) is 11.1. The number of rotatable bonds is 8. The summed E-state index contributed by atoms with van der Waals surface area (Å²) in [6.07, 6.45) is 1.51. The molecular weight excluding hydrogens is 406 g/mol. The summed E-state index contributed by atoms with van der Waals surface area (Å²) < 4.78 is 18.7. The van der Waals surface area contributed by atoms with Crippen LogP contribution < -0.4 is 0 Å². The molecule has 6 heteroatoms. The topological polar surface area (TPSA) is 40.2 Å². The second kappa shape index (κ2) is 10.1. The molecule has 1 saturated heterocycles. The van der Waals surface area contributed by atoms with Crippen molar-refractivity contribution in [3.63, 3.8) is 0 Å². The fourth-order valence-electron chi connectivity index (χ4n) is 3.82. The highest BCUT2D eigenvalue weighted by Gasteiger charge is 2.41. The molecule has 0 radical (unpaired) electrons.